The van der Waals surface area contributed by atoms with Crippen molar-refractivity contribution in [2.45, 2.75) is 13.0 Å². The summed E-state index contributed by atoms with van der Waals surface area (Å²) in [7, 11) is 0. The van der Waals surface area contributed by atoms with Gasteiger partial charge in [0.15, 0.2) is 0 Å². The third-order valence-electron chi connectivity index (χ3n) is 4.38. The number of aromatic amines is 1. The molecule has 3 heterocycles. The predicted molar refractivity (Wildman–Crippen MR) is 95.0 cm³/mol. The van der Waals surface area contributed by atoms with Crippen molar-refractivity contribution in [2.24, 2.45) is 0 Å². The minimum absolute atomic E-state index is 0.741. The number of nitrogens with zero attached hydrogens (tertiary/aromatic N) is 4. The third kappa shape index (κ3) is 2.39. The number of aryl methyl sites for hydroxylation is 2. The molecular formula is C19H15N5O. The molecule has 0 aliphatic carbocycles. The zero-order valence-corrected chi connectivity index (χ0v) is 13.4. The molecule has 1 N–H and O–H groups in total. The molecule has 0 spiro atoms. The zero-order valence-electron chi connectivity index (χ0n) is 13.4. The van der Waals surface area contributed by atoms with Gasteiger partial charge >= 0.3 is 0 Å². The second kappa shape index (κ2) is 5.59. The van der Waals surface area contributed by atoms with Crippen LogP contribution in [0.15, 0.2) is 65.6 Å². The number of hydrogen-bond donors (Lipinski definition) is 1. The van der Waals surface area contributed by atoms with Crippen LogP contribution in [-0.2, 0) is 13.0 Å². The summed E-state index contributed by atoms with van der Waals surface area (Å²) in [5, 5.41) is 10.8. The molecule has 3 aromatic heterocycles. The molecule has 0 radical (unpaired) electrons. The van der Waals surface area contributed by atoms with Crippen molar-refractivity contribution in [2.75, 3.05) is 0 Å². The Hall–Kier alpha value is -3.41. The Bertz CT molecular complexity index is 1150. The lowest BCUT2D eigenvalue weighted by Crippen LogP contribution is -2.02. The molecule has 5 rings (SSSR count). The first kappa shape index (κ1) is 14.0. The number of hydrogen-bond acceptors (Lipinski definition) is 4. The van der Waals surface area contributed by atoms with Gasteiger partial charge in [0.05, 0.1) is 12.5 Å². The highest BCUT2D eigenvalue weighted by Gasteiger charge is 2.14. The molecule has 0 aliphatic heterocycles. The van der Waals surface area contributed by atoms with Gasteiger partial charge in [0, 0.05) is 41.2 Å². The molecule has 25 heavy (non-hydrogen) atoms. The molecule has 6 heteroatoms. The van der Waals surface area contributed by atoms with E-state index in [0.29, 0.717) is 0 Å². The maximum atomic E-state index is 6.08. The number of H-pyrrole nitrogens is 1. The maximum absolute atomic E-state index is 6.08. The molecule has 0 saturated heterocycles. The second-order valence-corrected chi connectivity index (χ2v) is 5.97. The highest BCUT2D eigenvalue weighted by molar-refractivity contribution is 6.09. The quantitative estimate of drug-likeness (QED) is 0.544. The Morgan fingerprint density at radius 3 is 2.88 bits per heavy atom. The van der Waals surface area contributed by atoms with E-state index in [4.69, 9.17) is 4.42 Å². The van der Waals surface area contributed by atoms with Crippen LogP contribution in [0.4, 0.5) is 0 Å². The van der Waals surface area contributed by atoms with E-state index in [1.165, 1.54) is 0 Å². The first-order chi connectivity index (χ1) is 12.4. The van der Waals surface area contributed by atoms with Gasteiger partial charge in [-0.2, -0.15) is 0 Å². The Kier molecular flexibility index (Phi) is 3.13. The number of fused-ring (bicyclic) bond motifs is 3. The summed E-state index contributed by atoms with van der Waals surface area (Å²) < 4.78 is 7.92. The van der Waals surface area contributed by atoms with Gasteiger partial charge in [-0.15, -0.1) is 5.10 Å². The lowest BCUT2D eigenvalue weighted by atomic mass is 10.1. The SMILES string of the molecule is c1ccc2c(c1)oc1c(-c3cn(CCc4cnc[nH]4)nn3)cccc12. The standard InChI is InChI=1S/C19H15N5O/c1-2-7-18-14(4-1)15-5-3-6-16(19(15)25-18)17-11-24(23-22-17)9-8-13-10-20-12-21-13/h1-7,10-12H,8-9H2,(H,20,21). The number of para-hydroxylation sites is 2. The third-order valence-corrected chi connectivity index (χ3v) is 4.38. The van der Waals surface area contributed by atoms with Gasteiger partial charge in [-0.3, -0.25) is 4.68 Å². The molecule has 122 valence electrons. The van der Waals surface area contributed by atoms with Gasteiger partial charge in [-0.25, -0.2) is 4.98 Å². The lowest BCUT2D eigenvalue weighted by Gasteiger charge is -1.98. The van der Waals surface area contributed by atoms with E-state index in [2.05, 4.69) is 32.4 Å². The molecular weight excluding hydrogens is 314 g/mol. The number of imidazole rings is 1. The van der Waals surface area contributed by atoms with Crippen LogP contribution in [0.5, 0.6) is 0 Å². The highest BCUT2D eigenvalue weighted by Crippen LogP contribution is 2.34. The van der Waals surface area contributed by atoms with Crippen molar-refractivity contribution in [3.63, 3.8) is 0 Å². The van der Waals surface area contributed by atoms with E-state index in [0.717, 1.165) is 51.9 Å². The number of rotatable bonds is 4. The highest BCUT2D eigenvalue weighted by atomic mass is 16.3. The molecule has 0 bridgehead atoms. The second-order valence-electron chi connectivity index (χ2n) is 5.97. The number of aromatic nitrogens is 5. The Labute approximate surface area is 143 Å². The summed E-state index contributed by atoms with van der Waals surface area (Å²) in [6, 6.07) is 14.2. The summed E-state index contributed by atoms with van der Waals surface area (Å²) in [6.45, 7) is 0.741. The summed E-state index contributed by atoms with van der Waals surface area (Å²) in [5.41, 5.74) is 4.59. The largest absolute Gasteiger partial charge is 0.455 e. The van der Waals surface area contributed by atoms with Crippen molar-refractivity contribution in [3.05, 3.63) is 66.9 Å². The summed E-state index contributed by atoms with van der Waals surface area (Å²) in [6.07, 6.45) is 6.30. The molecule has 0 amide bonds. The Morgan fingerprint density at radius 1 is 1.04 bits per heavy atom. The van der Waals surface area contributed by atoms with Gasteiger partial charge < -0.3 is 9.40 Å². The van der Waals surface area contributed by atoms with Gasteiger partial charge in [-0.05, 0) is 12.1 Å². The van der Waals surface area contributed by atoms with Crippen molar-refractivity contribution >= 4 is 21.9 Å². The molecule has 5 aromatic rings. The first-order valence-corrected chi connectivity index (χ1v) is 8.16. The van der Waals surface area contributed by atoms with Crippen LogP contribution in [0.1, 0.15) is 5.69 Å². The Morgan fingerprint density at radius 2 is 1.96 bits per heavy atom. The average molecular weight is 329 g/mol. The van der Waals surface area contributed by atoms with Gasteiger partial charge in [-0.1, -0.05) is 35.5 Å². The van der Waals surface area contributed by atoms with E-state index in [9.17, 15) is 0 Å². The topological polar surface area (TPSA) is 72.5 Å². The van der Waals surface area contributed by atoms with E-state index in [1.54, 1.807) is 6.33 Å². The summed E-state index contributed by atoms with van der Waals surface area (Å²) in [5.74, 6) is 0. The van der Waals surface area contributed by atoms with E-state index < -0.39 is 0 Å². The normalized spacial score (nSPS) is 11.5. The van der Waals surface area contributed by atoms with Crippen LogP contribution >= 0.6 is 0 Å². The fourth-order valence-corrected chi connectivity index (χ4v) is 3.14. The van der Waals surface area contributed by atoms with E-state index in [1.807, 2.05) is 47.4 Å². The first-order valence-electron chi connectivity index (χ1n) is 8.16. The number of furan rings is 1. The van der Waals surface area contributed by atoms with Crippen LogP contribution in [0, 0.1) is 0 Å². The smallest absolute Gasteiger partial charge is 0.144 e. The van der Waals surface area contributed by atoms with Crippen LogP contribution in [0.3, 0.4) is 0 Å². The zero-order chi connectivity index (χ0) is 16.6. The van der Waals surface area contributed by atoms with Gasteiger partial charge in [0.2, 0.25) is 0 Å². The number of benzene rings is 2. The van der Waals surface area contributed by atoms with Crippen molar-refractivity contribution in [3.8, 4) is 11.3 Å². The Balaban J connectivity index is 1.53. The summed E-state index contributed by atoms with van der Waals surface area (Å²) in [4.78, 5) is 7.13. The van der Waals surface area contributed by atoms with Crippen molar-refractivity contribution in [1.82, 2.24) is 25.0 Å². The molecule has 0 atom stereocenters. The fourth-order valence-electron chi connectivity index (χ4n) is 3.14. The average Bonchev–Trinajstić information content (AvgIpc) is 3.38. The molecule has 0 saturated carbocycles. The van der Waals surface area contributed by atoms with E-state index in [-0.39, 0.29) is 0 Å². The van der Waals surface area contributed by atoms with Crippen molar-refractivity contribution < 1.29 is 4.42 Å². The van der Waals surface area contributed by atoms with Crippen LogP contribution < -0.4 is 0 Å². The summed E-state index contributed by atoms with van der Waals surface area (Å²) >= 11 is 0. The van der Waals surface area contributed by atoms with Crippen LogP contribution in [0.25, 0.3) is 33.2 Å². The van der Waals surface area contributed by atoms with Crippen molar-refractivity contribution in [1.29, 1.82) is 0 Å². The lowest BCUT2D eigenvalue weighted by molar-refractivity contribution is 0.585. The molecule has 6 nitrogen and oxygen atoms in total. The van der Waals surface area contributed by atoms with E-state index >= 15 is 0 Å². The number of nitrogens with one attached hydrogen (secondary N) is 1. The molecule has 0 aliphatic rings. The molecule has 2 aromatic carbocycles. The monoisotopic (exact) mass is 329 g/mol. The van der Waals surface area contributed by atoms with Gasteiger partial charge in [0.25, 0.3) is 0 Å². The van der Waals surface area contributed by atoms with Crippen LogP contribution in [-0.4, -0.2) is 25.0 Å². The minimum atomic E-state index is 0.741. The fraction of sp³-hybridized carbons (Fsp3) is 0.105. The predicted octanol–water partition coefficient (Wildman–Crippen LogP) is 3.81. The minimum Gasteiger partial charge on any atom is -0.455 e. The maximum Gasteiger partial charge on any atom is 0.144 e. The van der Waals surface area contributed by atoms with Gasteiger partial charge in [0.1, 0.15) is 16.9 Å². The van der Waals surface area contributed by atoms with Crippen LogP contribution in [0.2, 0.25) is 0 Å². The molecule has 0 unspecified atom stereocenters. The molecule has 0 fully saturated rings.